The molecule has 3 aliphatic rings. The Bertz CT molecular complexity index is 637. The number of rotatable bonds is 3. The Morgan fingerprint density at radius 3 is 1.96 bits per heavy atom. The van der Waals surface area contributed by atoms with E-state index >= 15 is 0 Å². The Morgan fingerprint density at radius 1 is 0.696 bits per heavy atom. The maximum Gasteiger partial charge on any atom is 0.227 e. The molecule has 0 radical (unpaired) electrons. The van der Waals surface area contributed by atoms with E-state index in [1.54, 1.807) is 0 Å². The Hall–Kier alpha value is -2.04. The molecule has 0 aliphatic carbocycles. The van der Waals surface area contributed by atoms with E-state index in [4.69, 9.17) is 0 Å². The van der Waals surface area contributed by atoms with E-state index in [0.717, 1.165) is 56.1 Å². The van der Waals surface area contributed by atoms with Crippen molar-refractivity contribution in [1.29, 1.82) is 0 Å². The van der Waals surface area contributed by atoms with Crippen molar-refractivity contribution in [2.75, 3.05) is 40.9 Å². The van der Waals surface area contributed by atoms with Gasteiger partial charge in [-0.25, -0.2) is 0 Å². The van der Waals surface area contributed by atoms with Crippen LogP contribution < -0.4 is 14.7 Å². The summed E-state index contributed by atoms with van der Waals surface area (Å²) in [5.41, 5.74) is 3.07. The van der Waals surface area contributed by atoms with E-state index in [9.17, 15) is 9.59 Å². The summed E-state index contributed by atoms with van der Waals surface area (Å²) in [4.78, 5) is 30.5. The van der Waals surface area contributed by atoms with E-state index < -0.39 is 0 Å². The van der Waals surface area contributed by atoms with Crippen molar-refractivity contribution in [3.8, 4) is 0 Å². The monoisotopic (exact) mass is 313 g/mol. The molecular formula is C18H23N3O2. The van der Waals surface area contributed by atoms with Gasteiger partial charge in [0.25, 0.3) is 0 Å². The second kappa shape index (κ2) is 5.87. The minimum absolute atomic E-state index is 0.192. The van der Waals surface area contributed by atoms with Gasteiger partial charge in [-0.3, -0.25) is 9.59 Å². The van der Waals surface area contributed by atoms with E-state index in [1.807, 2.05) is 15.9 Å². The second-order valence-corrected chi connectivity index (χ2v) is 6.67. The van der Waals surface area contributed by atoms with E-state index in [0.29, 0.717) is 12.8 Å². The van der Waals surface area contributed by atoms with Gasteiger partial charge in [-0.2, -0.15) is 0 Å². The number of benzene rings is 1. The summed E-state index contributed by atoms with van der Waals surface area (Å²) in [6.07, 6.45) is 5.52. The molecule has 23 heavy (non-hydrogen) atoms. The highest BCUT2D eigenvalue weighted by Gasteiger charge is 2.29. The van der Waals surface area contributed by atoms with Crippen LogP contribution in [0.15, 0.2) is 18.2 Å². The Kier molecular flexibility index (Phi) is 3.71. The largest absolute Gasteiger partial charge is 0.370 e. The van der Waals surface area contributed by atoms with Gasteiger partial charge in [-0.05, 0) is 43.9 Å². The fourth-order valence-corrected chi connectivity index (χ4v) is 3.95. The van der Waals surface area contributed by atoms with Gasteiger partial charge < -0.3 is 14.7 Å². The molecule has 0 saturated carbocycles. The molecule has 0 atom stereocenters. The Morgan fingerprint density at radius 2 is 1.35 bits per heavy atom. The molecule has 2 amide bonds. The quantitative estimate of drug-likeness (QED) is 0.861. The van der Waals surface area contributed by atoms with Crippen molar-refractivity contribution >= 4 is 28.9 Å². The van der Waals surface area contributed by atoms with E-state index in [1.165, 1.54) is 12.8 Å². The minimum Gasteiger partial charge on any atom is -0.370 e. The van der Waals surface area contributed by atoms with Crippen LogP contribution in [0.3, 0.4) is 0 Å². The highest BCUT2D eigenvalue weighted by molar-refractivity contribution is 6.01. The number of anilines is 3. The molecule has 0 bridgehead atoms. The lowest BCUT2D eigenvalue weighted by Gasteiger charge is -2.28. The average molecular weight is 313 g/mol. The summed E-state index contributed by atoms with van der Waals surface area (Å²) in [6, 6.07) is 6.20. The van der Waals surface area contributed by atoms with Gasteiger partial charge in [0, 0.05) is 44.7 Å². The molecular weight excluding hydrogens is 290 g/mol. The van der Waals surface area contributed by atoms with Gasteiger partial charge in [0.05, 0.1) is 11.4 Å². The molecule has 3 aliphatic heterocycles. The summed E-state index contributed by atoms with van der Waals surface area (Å²) < 4.78 is 0. The normalized spacial score (nSPS) is 21.8. The molecule has 4 rings (SSSR count). The lowest BCUT2D eigenvalue weighted by molar-refractivity contribution is -0.117. The molecule has 0 unspecified atom stereocenters. The van der Waals surface area contributed by atoms with Crippen LogP contribution in [-0.4, -0.2) is 38.0 Å². The van der Waals surface area contributed by atoms with E-state index in [2.05, 4.69) is 17.0 Å². The SMILES string of the molecule is O=C1CCCN1c1ccc(N2CCCC2)c(N2CCCC2=O)c1. The van der Waals surface area contributed by atoms with Crippen molar-refractivity contribution in [3.05, 3.63) is 18.2 Å². The Balaban J connectivity index is 1.74. The fraction of sp³-hybridized carbons (Fsp3) is 0.556. The van der Waals surface area contributed by atoms with Crippen LogP contribution in [0.4, 0.5) is 17.1 Å². The van der Waals surface area contributed by atoms with Crippen molar-refractivity contribution in [1.82, 2.24) is 0 Å². The topological polar surface area (TPSA) is 43.9 Å². The van der Waals surface area contributed by atoms with Crippen LogP contribution >= 0.6 is 0 Å². The van der Waals surface area contributed by atoms with Crippen LogP contribution in [0.5, 0.6) is 0 Å². The molecule has 1 aromatic carbocycles. The summed E-state index contributed by atoms with van der Waals surface area (Å²) in [5, 5.41) is 0. The fourth-order valence-electron chi connectivity index (χ4n) is 3.95. The van der Waals surface area contributed by atoms with E-state index in [-0.39, 0.29) is 11.8 Å². The number of amides is 2. The van der Waals surface area contributed by atoms with Gasteiger partial charge >= 0.3 is 0 Å². The minimum atomic E-state index is 0.192. The van der Waals surface area contributed by atoms with Crippen molar-refractivity contribution in [3.63, 3.8) is 0 Å². The Labute approximate surface area is 136 Å². The highest BCUT2D eigenvalue weighted by Crippen LogP contribution is 2.38. The second-order valence-electron chi connectivity index (χ2n) is 6.67. The first-order valence-corrected chi connectivity index (χ1v) is 8.74. The van der Waals surface area contributed by atoms with Crippen LogP contribution in [0.1, 0.15) is 38.5 Å². The van der Waals surface area contributed by atoms with Crippen molar-refractivity contribution in [2.45, 2.75) is 38.5 Å². The molecule has 0 spiro atoms. The number of hydrogen-bond donors (Lipinski definition) is 0. The van der Waals surface area contributed by atoms with Crippen LogP contribution in [0.25, 0.3) is 0 Å². The first kappa shape index (κ1) is 14.5. The summed E-state index contributed by atoms with van der Waals surface area (Å²) in [5.74, 6) is 0.396. The average Bonchev–Trinajstić information content (AvgIpc) is 3.28. The van der Waals surface area contributed by atoms with Gasteiger partial charge in [0.2, 0.25) is 11.8 Å². The predicted octanol–water partition coefficient (Wildman–Crippen LogP) is 2.54. The molecule has 5 nitrogen and oxygen atoms in total. The highest BCUT2D eigenvalue weighted by atomic mass is 16.2. The van der Waals surface area contributed by atoms with Crippen molar-refractivity contribution in [2.24, 2.45) is 0 Å². The molecule has 3 fully saturated rings. The first-order chi connectivity index (χ1) is 11.2. The molecule has 5 heteroatoms. The van der Waals surface area contributed by atoms with Crippen LogP contribution in [-0.2, 0) is 9.59 Å². The van der Waals surface area contributed by atoms with Gasteiger partial charge in [-0.1, -0.05) is 0 Å². The van der Waals surface area contributed by atoms with Crippen LogP contribution in [0, 0.1) is 0 Å². The van der Waals surface area contributed by atoms with Gasteiger partial charge in [0.1, 0.15) is 0 Å². The number of nitrogens with zero attached hydrogens (tertiary/aromatic N) is 3. The molecule has 3 heterocycles. The van der Waals surface area contributed by atoms with Crippen molar-refractivity contribution < 1.29 is 9.59 Å². The third kappa shape index (κ3) is 2.58. The maximum absolute atomic E-state index is 12.3. The lowest BCUT2D eigenvalue weighted by Crippen LogP contribution is -2.29. The lowest BCUT2D eigenvalue weighted by atomic mass is 10.2. The smallest absolute Gasteiger partial charge is 0.227 e. The van der Waals surface area contributed by atoms with Gasteiger partial charge in [0.15, 0.2) is 0 Å². The summed E-state index contributed by atoms with van der Waals surface area (Å²) >= 11 is 0. The molecule has 3 saturated heterocycles. The standard InChI is InChI=1S/C18H23N3O2/c22-17-5-3-11-20(17)14-7-8-15(19-9-1-2-10-19)16(13-14)21-12-4-6-18(21)23/h7-8,13H,1-6,9-12H2. The number of carbonyl (C=O) groups excluding carboxylic acids is 2. The predicted molar refractivity (Wildman–Crippen MR) is 91.1 cm³/mol. The van der Waals surface area contributed by atoms with Gasteiger partial charge in [-0.15, -0.1) is 0 Å². The summed E-state index contributed by atoms with van der Waals surface area (Å²) in [6.45, 7) is 3.68. The maximum atomic E-state index is 12.3. The summed E-state index contributed by atoms with van der Waals surface area (Å²) in [7, 11) is 0. The first-order valence-electron chi connectivity index (χ1n) is 8.74. The third-order valence-corrected chi connectivity index (χ3v) is 5.16. The number of hydrogen-bond acceptors (Lipinski definition) is 3. The zero-order valence-corrected chi connectivity index (χ0v) is 13.5. The third-order valence-electron chi connectivity index (χ3n) is 5.16. The van der Waals surface area contributed by atoms with Crippen LogP contribution in [0.2, 0.25) is 0 Å². The molecule has 122 valence electrons. The molecule has 0 aromatic heterocycles. The molecule has 1 aromatic rings. The zero-order valence-electron chi connectivity index (χ0n) is 13.5. The number of carbonyl (C=O) groups is 2. The zero-order chi connectivity index (χ0) is 15.8. The molecule has 0 N–H and O–H groups in total.